The van der Waals surface area contributed by atoms with Gasteiger partial charge in [0.15, 0.2) is 5.78 Å². The van der Waals surface area contributed by atoms with Crippen LogP contribution in [0.25, 0.3) is 0 Å². The third-order valence-corrected chi connectivity index (χ3v) is 2.18. The molecule has 0 saturated carbocycles. The molecule has 1 aliphatic carbocycles. The minimum absolute atomic E-state index is 0.133. The Morgan fingerprint density at radius 3 is 3.27 bits per heavy atom. The largest absolute Gasteiger partial charge is 0.377 e. The van der Waals surface area contributed by atoms with Crippen molar-refractivity contribution < 1.29 is 9.53 Å². The molecule has 0 aromatic carbocycles. The summed E-state index contributed by atoms with van der Waals surface area (Å²) < 4.78 is 5.23. The molecule has 58 valence electrons. The molecule has 2 nitrogen and oxygen atoms in total. The summed E-state index contributed by atoms with van der Waals surface area (Å²) >= 11 is 0. The molecule has 0 spiro atoms. The van der Waals surface area contributed by atoms with Crippen LogP contribution in [-0.4, -0.2) is 19.0 Å². The Labute approximate surface area is 65.5 Å². The molecule has 2 aliphatic rings. The number of ether oxygens (including phenoxy) is 1. The van der Waals surface area contributed by atoms with Crippen LogP contribution in [0.5, 0.6) is 0 Å². The zero-order valence-electron chi connectivity index (χ0n) is 6.25. The van der Waals surface area contributed by atoms with E-state index in [0.717, 1.165) is 18.6 Å². The van der Waals surface area contributed by atoms with E-state index < -0.39 is 0 Å². The summed E-state index contributed by atoms with van der Waals surface area (Å²) in [5.41, 5.74) is 1.14. The number of hydrogen-bond donors (Lipinski definition) is 0. The molecule has 11 heavy (non-hydrogen) atoms. The first kappa shape index (κ1) is 6.80. The average Bonchev–Trinajstić information content (AvgIpc) is 2.06. The van der Waals surface area contributed by atoms with E-state index >= 15 is 0 Å². The van der Waals surface area contributed by atoms with Gasteiger partial charge < -0.3 is 4.74 Å². The van der Waals surface area contributed by atoms with Gasteiger partial charge in [0.1, 0.15) is 0 Å². The van der Waals surface area contributed by atoms with Crippen molar-refractivity contribution in [2.45, 2.75) is 6.42 Å². The fourth-order valence-corrected chi connectivity index (χ4v) is 1.55. The van der Waals surface area contributed by atoms with Crippen LogP contribution in [0.1, 0.15) is 6.42 Å². The number of allylic oxidation sites excluding steroid dienone is 3. The maximum atomic E-state index is 11.2. The predicted octanol–water partition coefficient (Wildman–Crippen LogP) is 1.09. The summed E-state index contributed by atoms with van der Waals surface area (Å²) in [6, 6.07) is 0. The maximum absolute atomic E-state index is 11.2. The Morgan fingerprint density at radius 2 is 2.45 bits per heavy atom. The first-order chi connectivity index (χ1) is 5.38. The first-order valence-corrected chi connectivity index (χ1v) is 3.86. The van der Waals surface area contributed by atoms with Gasteiger partial charge in [0.05, 0.1) is 6.61 Å². The van der Waals surface area contributed by atoms with Crippen LogP contribution in [0.2, 0.25) is 0 Å². The molecule has 0 amide bonds. The van der Waals surface area contributed by atoms with Crippen LogP contribution < -0.4 is 0 Å². The standard InChI is InChI=1S/C9H10O2/c10-9-3-1-2-7-6-11-5-4-8(7)9/h1-3,8H,4-6H2. The van der Waals surface area contributed by atoms with Gasteiger partial charge in [0.2, 0.25) is 0 Å². The molecule has 2 rings (SSSR count). The number of rotatable bonds is 0. The van der Waals surface area contributed by atoms with E-state index in [0.29, 0.717) is 6.61 Å². The lowest BCUT2D eigenvalue weighted by Gasteiger charge is -2.24. The second-order valence-corrected chi connectivity index (χ2v) is 2.90. The van der Waals surface area contributed by atoms with Gasteiger partial charge in [-0.15, -0.1) is 0 Å². The van der Waals surface area contributed by atoms with Gasteiger partial charge in [-0.3, -0.25) is 4.79 Å². The third kappa shape index (κ3) is 1.14. The molecule has 1 heterocycles. The lowest BCUT2D eigenvalue weighted by molar-refractivity contribution is -0.118. The van der Waals surface area contributed by atoms with E-state index in [4.69, 9.17) is 4.74 Å². The molecule has 0 aromatic rings. The summed E-state index contributed by atoms with van der Waals surface area (Å²) in [4.78, 5) is 11.2. The Morgan fingerprint density at radius 1 is 1.55 bits per heavy atom. The zero-order chi connectivity index (χ0) is 7.68. The minimum atomic E-state index is 0.133. The molecule has 2 heteroatoms. The SMILES string of the molecule is O=C1C=CC=C2COCCC12. The van der Waals surface area contributed by atoms with Crippen molar-refractivity contribution >= 4 is 5.78 Å². The average molecular weight is 150 g/mol. The maximum Gasteiger partial charge on any atom is 0.162 e. The van der Waals surface area contributed by atoms with E-state index in [1.807, 2.05) is 12.2 Å². The zero-order valence-corrected chi connectivity index (χ0v) is 6.25. The normalized spacial score (nSPS) is 29.6. The summed E-state index contributed by atoms with van der Waals surface area (Å²) in [6.07, 6.45) is 6.31. The molecule has 1 saturated heterocycles. The highest BCUT2D eigenvalue weighted by molar-refractivity contribution is 5.95. The number of fused-ring (bicyclic) bond motifs is 1. The summed E-state index contributed by atoms with van der Waals surface area (Å²) in [5, 5.41) is 0. The van der Waals surface area contributed by atoms with Crippen molar-refractivity contribution in [1.29, 1.82) is 0 Å². The highest BCUT2D eigenvalue weighted by Crippen LogP contribution is 2.24. The Kier molecular flexibility index (Phi) is 1.62. The lowest BCUT2D eigenvalue weighted by Crippen LogP contribution is -2.26. The molecule has 1 atom stereocenters. The monoisotopic (exact) mass is 150 g/mol. The van der Waals surface area contributed by atoms with Gasteiger partial charge in [0.25, 0.3) is 0 Å². The summed E-state index contributed by atoms with van der Waals surface area (Å²) in [7, 11) is 0. The van der Waals surface area contributed by atoms with E-state index in [2.05, 4.69) is 0 Å². The molecule has 1 fully saturated rings. The first-order valence-electron chi connectivity index (χ1n) is 3.86. The van der Waals surface area contributed by atoms with Crippen molar-refractivity contribution in [3.05, 3.63) is 23.8 Å². The van der Waals surface area contributed by atoms with Crippen LogP contribution in [0.4, 0.5) is 0 Å². The van der Waals surface area contributed by atoms with Crippen LogP contribution in [-0.2, 0) is 9.53 Å². The van der Waals surface area contributed by atoms with Gasteiger partial charge >= 0.3 is 0 Å². The number of ketones is 1. The number of hydrogen-bond acceptors (Lipinski definition) is 2. The minimum Gasteiger partial charge on any atom is -0.377 e. The molecule has 0 N–H and O–H groups in total. The van der Waals surface area contributed by atoms with Crippen LogP contribution in [0, 0.1) is 5.92 Å². The van der Waals surface area contributed by atoms with Gasteiger partial charge in [-0.05, 0) is 18.1 Å². The second kappa shape index (κ2) is 2.62. The molecular formula is C9H10O2. The van der Waals surface area contributed by atoms with Crippen molar-refractivity contribution in [2.24, 2.45) is 5.92 Å². The lowest BCUT2D eigenvalue weighted by atomic mass is 9.87. The smallest absolute Gasteiger partial charge is 0.162 e. The number of carbonyl (C=O) groups is 1. The molecular weight excluding hydrogens is 140 g/mol. The molecule has 0 radical (unpaired) electrons. The van der Waals surface area contributed by atoms with E-state index in [1.165, 1.54) is 0 Å². The van der Waals surface area contributed by atoms with Gasteiger partial charge in [-0.1, -0.05) is 12.2 Å². The summed E-state index contributed by atoms with van der Waals surface area (Å²) in [6.45, 7) is 1.36. The molecule has 0 aromatic heterocycles. The fourth-order valence-electron chi connectivity index (χ4n) is 1.55. The molecule has 1 aliphatic heterocycles. The predicted molar refractivity (Wildman–Crippen MR) is 41.2 cm³/mol. The van der Waals surface area contributed by atoms with Crippen LogP contribution in [0.3, 0.4) is 0 Å². The van der Waals surface area contributed by atoms with Crippen molar-refractivity contribution in [3.63, 3.8) is 0 Å². The topological polar surface area (TPSA) is 26.3 Å². The quantitative estimate of drug-likeness (QED) is 0.516. The summed E-state index contributed by atoms with van der Waals surface area (Å²) in [5.74, 6) is 0.375. The molecule has 1 unspecified atom stereocenters. The third-order valence-electron chi connectivity index (χ3n) is 2.18. The van der Waals surface area contributed by atoms with E-state index in [9.17, 15) is 4.79 Å². The van der Waals surface area contributed by atoms with Crippen molar-refractivity contribution in [3.8, 4) is 0 Å². The fraction of sp³-hybridized carbons (Fsp3) is 0.444. The van der Waals surface area contributed by atoms with Crippen LogP contribution >= 0.6 is 0 Å². The van der Waals surface area contributed by atoms with Crippen LogP contribution in [0.15, 0.2) is 23.8 Å². The second-order valence-electron chi connectivity index (χ2n) is 2.90. The van der Waals surface area contributed by atoms with Gasteiger partial charge in [0, 0.05) is 12.5 Å². The van der Waals surface area contributed by atoms with E-state index in [1.54, 1.807) is 6.08 Å². The highest BCUT2D eigenvalue weighted by Gasteiger charge is 2.25. The Bertz CT molecular complexity index is 238. The van der Waals surface area contributed by atoms with Crippen molar-refractivity contribution in [1.82, 2.24) is 0 Å². The van der Waals surface area contributed by atoms with Crippen molar-refractivity contribution in [2.75, 3.05) is 13.2 Å². The van der Waals surface area contributed by atoms with Gasteiger partial charge in [-0.25, -0.2) is 0 Å². The highest BCUT2D eigenvalue weighted by atomic mass is 16.5. The van der Waals surface area contributed by atoms with Gasteiger partial charge in [-0.2, -0.15) is 0 Å². The number of carbonyl (C=O) groups excluding carboxylic acids is 1. The van der Waals surface area contributed by atoms with E-state index in [-0.39, 0.29) is 11.7 Å². The Hall–Kier alpha value is -0.890. The molecule has 0 bridgehead atoms. The Balaban J connectivity index is 2.25.